The van der Waals surface area contributed by atoms with Crippen LogP contribution in [0.1, 0.15) is 46.1 Å². The van der Waals surface area contributed by atoms with Crippen LogP contribution < -0.4 is 10.9 Å². The van der Waals surface area contributed by atoms with Gasteiger partial charge in [0.2, 0.25) is 5.91 Å². The smallest absolute Gasteiger partial charge is 0.426 e. The summed E-state index contributed by atoms with van der Waals surface area (Å²) in [4.78, 5) is 28.3. The number of aromatic nitrogens is 1. The van der Waals surface area contributed by atoms with E-state index in [1.54, 1.807) is 32.9 Å². The van der Waals surface area contributed by atoms with Crippen molar-refractivity contribution >= 4 is 35.2 Å². The number of carbonyl (C=O) groups is 2. The summed E-state index contributed by atoms with van der Waals surface area (Å²) in [5.41, 5.74) is 3.97. The number of hydrazine groups is 1. The number of hydrogen-bond acceptors (Lipinski definition) is 4. The van der Waals surface area contributed by atoms with Crippen molar-refractivity contribution in [1.29, 1.82) is 0 Å². The Bertz CT molecular complexity index is 632. The van der Waals surface area contributed by atoms with Gasteiger partial charge in [-0.3, -0.25) is 10.2 Å². The maximum Gasteiger partial charge on any atom is 0.426 e. The lowest BCUT2D eigenvalue weighted by Gasteiger charge is -2.45. The second-order valence-corrected chi connectivity index (χ2v) is 7.95. The van der Waals surface area contributed by atoms with E-state index < -0.39 is 17.1 Å². The molecule has 0 aliphatic heterocycles. The van der Waals surface area contributed by atoms with Crippen LogP contribution in [0.2, 0.25) is 10.3 Å². The van der Waals surface area contributed by atoms with Gasteiger partial charge in [0, 0.05) is 0 Å². The maximum atomic E-state index is 12.7. The summed E-state index contributed by atoms with van der Waals surface area (Å²) in [6.07, 6.45) is 0.543. The van der Waals surface area contributed by atoms with E-state index in [-0.39, 0.29) is 16.2 Å². The van der Waals surface area contributed by atoms with E-state index in [1.165, 1.54) is 0 Å². The van der Waals surface area contributed by atoms with Crippen LogP contribution in [0.3, 0.4) is 0 Å². The number of rotatable bonds is 2. The van der Waals surface area contributed by atoms with Crippen molar-refractivity contribution < 1.29 is 14.3 Å². The monoisotopic (exact) mass is 373 g/mol. The average molecular weight is 374 g/mol. The lowest BCUT2D eigenvalue weighted by Crippen LogP contribution is -2.57. The Kier molecular flexibility index (Phi) is 5.30. The molecule has 1 aromatic heterocycles. The first-order chi connectivity index (χ1) is 11.0. The van der Waals surface area contributed by atoms with E-state index in [0.717, 1.165) is 0 Å². The van der Waals surface area contributed by atoms with Gasteiger partial charge in [0.1, 0.15) is 15.9 Å². The van der Waals surface area contributed by atoms with Gasteiger partial charge in [0.05, 0.1) is 5.41 Å². The van der Waals surface area contributed by atoms with Crippen molar-refractivity contribution in [3.8, 4) is 0 Å². The van der Waals surface area contributed by atoms with Crippen LogP contribution in [0.25, 0.3) is 0 Å². The van der Waals surface area contributed by atoms with E-state index in [2.05, 4.69) is 22.8 Å². The summed E-state index contributed by atoms with van der Waals surface area (Å²) in [7, 11) is 0. The van der Waals surface area contributed by atoms with Gasteiger partial charge in [-0.2, -0.15) is 0 Å². The Morgan fingerprint density at radius 3 is 2.21 bits per heavy atom. The Morgan fingerprint density at radius 2 is 1.75 bits per heavy atom. The molecular formula is C16H21Cl2N3O3. The van der Waals surface area contributed by atoms with Crippen LogP contribution in [0.4, 0.5) is 4.79 Å². The summed E-state index contributed by atoms with van der Waals surface area (Å²) in [5, 5.41) is 0.452. The fourth-order valence-electron chi connectivity index (χ4n) is 2.95. The van der Waals surface area contributed by atoms with Gasteiger partial charge in [0.25, 0.3) is 0 Å². The maximum absolute atomic E-state index is 12.7. The first kappa shape index (κ1) is 18.8. The molecule has 1 aromatic rings. The van der Waals surface area contributed by atoms with Gasteiger partial charge in [-0.25, -0.2) is 15.2 Å². The molecule has 6 nitrogen and oxygen atoms in total. The van der Waals surface area contributed by atoms with E-state index in [1.807, 2.05) is 0 Å². The number of nitrogens with zero attached hydrogens (tertiary/aromatic N) is 1. The highest BCUT2D eigenvalue weighted by molar-refractivity contribution is 6.32. The van der Waals surface area contributed by atoms with Crippen LogP contribution in [0, 0.1) is 5.92 Å². The van der Waals surface area contributed by atoms with Crippen LogP contribution in [0.5, 0.6) is 0 Å². The molecule has 24 heavy (non-hydrogen) atoms. The number of pyridine rings is 1. The Balaban J connectivity index is 2.13. The molecular weight excluding hydrogens is 353 g/mol. The molecule has 0 unspecified atom stereocenters. The minimum Gasteiger partial charge on any atom is -0.443 e. The van der Waals surface area contributed by atoms with Crippen molar-refractivity contribution in [3.63, 3.8) is 0 Å². The second-order valence-electron chi connectivity index (χ2n) is 7.18. The van der Waals surface area contributed by atoms with Gasteiger partial charge < -0.3 is 4.74 Å². The zero-order chi connectivity index (χ0) is 18.1. The van der Waals surface area contributed by atoms with E-state index in [9.17, 15) is 9.59 Å². The van der Waals surface area contributed by atoms with Crippen LogP contribution in [-0.4, -0.2) is 22.6 Å². The number of ether oxygens (including phenoxy) is 1. The van der Waals surface area contributed by atoms with Gasteiger partial charge in [-0.15, -0.1) is 0 Å². The topological polar surface area (TPSA) is 80.3 Å². The number of halogens is 2. The SMILES string of the molecule is CC1CC(C(=O)NNC(=O)OC(C)(C)C)(c2cc(Cl)nc(Cl)c2)C1. The quantitative estimate of drug-likeness (QED) is 0.612. The number of hydrogen-bond donors (Lipinski definition) is 2. The predicted molar refractivity (Wildman–Crippen MR) is 91.8 cm³/mol. The molecule has 2 rings (SSSR count). The van der Waals surface area contributed by atoms with E-state index in [4.69, 9.17) is 27.9 Å². The summed E-state index contributed by atoms with van der Waals surface area (Å²) >= 11 is 11.9. The molecule has 1 aliphatic rings. The second kappa shape index (κ2) is 6.76. The fraction of sp³-hybridized carbons (Fsp3) is 0.562. The largest absolute Gasteiger partial charge is 0.443 e. The zero-order valence-corrected chi connectivity index (χ0v) is 15.6. The Labute approximate surface area is 151 Å². The summed E-state index contributed by atoms with van der Waals surface area (Å²) < 4.78 is 5.10. The standard InChI is InChI=1S/C16H21Cl2N3O3/c1-9-7-16(8-9,10-5-11(17)19-12(18)6-10)13(22)20-21-14(23)24-15(2,3)4/h5-6,9H,7-8H2,1-4H3,(H,20,22)(H,21,23). The molecule has 0 atom stereocenters. The van der Waals surface area contributed by atoms with Crippen molar-refractivity contribution in [3.05, 3.63) is 28.0 Å². The molecule has 0 aromatic carbocycles. The highest BCUT2D eigenvalue weighted by Crippen LogP contribution is 2.48. The van der Waals surface area contributed by atoms with Gasteiger partial charge >= 0.3 is 6.09 Å². The molecule has 1 heterocycles. The van der Waals surface area contributed by atoms with Crippen molar-refractivity contribution in [2.75, 3.05) is 0 Å². The summed E-state index contributed by atoms with van der Waals surface area (Å²) in [6.45, 7) is 7.27. The summed E-state index contributed by atoms with van der Waals surface area (Å²) in [6, 6.07) is 3.26. The highest BCUT2D eigenvalue weighted by Gasteiger charge is 2.50. The molecule has 0 spiro atoms. The van der Waals surface area contributed by atoms with Crippen molar-refractivity contribution in [2.24, 2.45) is 5.92 Å². The average Bonchev–Trinajstić information content (AvgIpc) is 2.38. The first-order valence-electron chi connectivity index (χ1n) is 7.65. The minimum atomic E-state index is -0.787. The summed E-state index contributed by atoms with van der Waals surface area (Å²) in [5.74, 6) is 0.0489. The molecule has 0 radical (unpaired) electrons. The molecule has 2 N–H and O–H groups in total. The third kappa shape index (κ3) is 4.30. The van der Waals surface area contributed by atoms with Crippen LogP contribution in [-0.2, 0) is 14.9 Å². The third-order valence-electron chi connectivity index (χ3n) is 3.82. The van der Waals surface area contributed by atoms with E-state index in [0.29, 0.717) is 24.3 Å². The molecule has 132 valence electrons. The van der Waals surface area contributed by atoms with E-state index >= 15 is 0 Å². The predicted octanol–water partition coefficient (Wildman–Crippen LogP) is 3.61. The lowest BCUT2D eigenvalue weighted by atomic mass is 9.59. The molecule has 0 bridgehead atoms. The zero-order valence-electron chi connectivity index (χ0n) is 14.1. The van der Waals surface area contributed by atoms with Gasteiger partial charge in [0.15, 0.2) is 0 Å². The van der Waals surface area contributed by atoms with Gasteiger partial charge in [-0.1, -0.05) is 30.1 Å². The molecule has 2 amide bonds. The van der Waals surface area contributed by atoms with Crippen LogP contribution in [0.15, 0.2) is 12.1 Å². The Hall–Kier alpha value is -1.53. The normalized spacial score (nSPS) is 23.2. The van der Waals surface area contributed by atoms with Crippen molar-refractivity contribution in [2.45, 2.75) is 51.6 Å². The lowest BCUT2D eigenvalue weighted by molar-refractivity contribution is -0.132. The molecule has 1 saturated carbocycles. The number of nitrogens with one attached hydrogen (secondary N) is 2. The number of amides is 2. The van der Waals surface area contributed by atoms with Gasteiger partial charge in [-0.05, 0) is 57.2 Å². The fourth-order valence-corrected chi connectivity index (χ4v) is 3.41. The molecule has 0 saturated heterocycles. The van der Waals surface area contributed by atoms with Crippen LogP contribution >= 0.6 is 23.2 Å². The number of carbonyl (C=O) groups excluding carboxylic acids is 2. The third-order valence-corrected chi connectivity index (χ3v) is 4.21. The molecule has 1 aliphatic carbocycles. The molecule has 1 fully saturated rings. The first-order valence-corrected chi connectivity index (χ1v) is 8.40. The van der Waals surface area contributed by atoms with Crippen molar-refractivity contribution in [1.82, 2.24) is 15.8 Å². The molecule has 8 heteroatoms. The Morgan fingerprint density at radius 1 is 1.21 bits per heavy atom. The highest BCUT2D eigenvalue weighted by atomic mass is 35.5. The minimum absolute atomic E-state index is 0.226.